The van der Waals surface area contributed by atoms with E-state index in [4.69, 9.17) is 0 Å². The average Bonchev–Trinajstić information content (AvgIpc) is 2.16. The number of fused-ring (bicyclic) bond motifs is 1. The lowest BCUT2D eigenvalue weighted by atomic mass is 9.83. The monoisotopic (exact) mass is 188 g/mol. The molecule has 0 N–H and O–H groups in total. The van der Waals surface area contributed by atoms with E-state index in [1.807, 2.05) is 0 Å². The van der Waals surface area contributed by atoms with Crippen LogP contribution in [-0.4, -0.2) is 0 Å². The summed E-state index contributed by atoms with van der Waals surface area (Å²) in [5.41, 5.74) is 6.32. The van der Waals surface area contributed by atoms with E-state index in [0.717, 1.165) is 0 Å². The van der Waals surface area contributed by atoms with Gasteiger partial charge in [-0.2, -0.15) is 0 Å². The fourth-order valence-corrected chi connectivity index (χ4v) is 2.58. The molecule has 0 heteroatoms. The Balaban J connectivity index is 2.52. The first kappa shape index (κ1) is 9.76. The Kier molecular flexibility index (Phi) is 2.62. The Morgan fingerprint density at radius 2 is 1.79 bits per heavy atom. The van der Waals surface area contributed by atoms with Crippen LogP contribution in [0.25, 0.3) is 0 Å². The smallest absolute Gasteiger partial charge is 0.0216 e. The van der Waals surface area contributed by atoms with Gasteiger partial charge in [-0.05, 0) is 55.2 Å². The second-order valence-electron chi connectivity index (χ2n) is 4.85. The van der Waals surface area contributed by atoms with Gasteiger partial charge in [-0.1, -0.05) is 31.5 Å². The van der Waals surface area contributed by atoms with E-state index in [-0.39, 0.29) is 0 Å². The van der Waals surface area contributed by atoms with Gasteiger partial charge < -0.3 is 0 Å². The standard InChI is InChI=1S/C14H20/c1-10(2)14-9-11(3)8-12-6-4-5-7-13(12)14/h8-10H,4-7H2,1-3H3. The number of aryl methyl sites for hydroxylation is 2. The molecule has 0 radical (unpaired) electrons. The van der Waals surface area contributed by atoms with Gasteiger partial charge in [0.05, 0.1) is 0 Å². The summed E-state index contributed by atoms with van der Waals surface area (Å²) in [6.45, 7) is 6.84. The first-order valence-corrected chi connectivity index (χ1v) is 5.81. The molecule has 1 aromatic rings. The number of benzene rings is 1. The summed E-state index contributed by atoms with van der Waals surface area (Å²) in [6, 6.07) is 4.77. The van der Waals surface area contributed by atoms with Crippen molar-refractivity contribution in [2.45, 2.75) is 52.4 Å². The predicted molar refractivity (Wildman–Crippen MR) is 61.9 cm³/mol. The van der Waals surface area contributed by atoms with E-state index in [2.05, 4.69) is 32.9 Å². The van der Waals surface area contributed by atoms with Crippen molar-refractivity contribution in [2.24, 2.45) is 0 Å². The van der Waals surface area contributed by atoms with Crippen molar-refractivity contribution < 1.29 is 0 Å². The lowest BCUT2D eigenvalue weighted by Crippen LogP contribution is -2.08. The highest BCUT2D eigenvalue weighted by molar-refractivity contribution is 5.41. The van der Waals surface area contributed by atoms with Crippen molar-refractivity contribution in [1.29, 1.82) is 0 Å². The van der Waals surface area contributed by atoms with Gasteiger partial charge in [-0.3, -0.25) is 0 Å². The van der Waals surface area contributed by atoms with Crippen molar-refractivity contribution in [2.75, 3.05) is 0 Å². The summed E-state index contributed by atoms with van der Waals surface area (Å²) < 4.78 is 0. The molecule has 0 aliphatic heterocycles. The Hall–Kier alpha value is -0.780. The van der Waals surface area contributed by atoms with Crippen LogP contribution < -0.4 is 0 Å². The van der Waals surface area contributed by atoms with Crippen LogP contribution in [0.15, 0.2) is 12.1 Å². The Labute approximate surface area is 87.3 Å². The highest BCUT2D eigenvalue weighted by Gasteiger charge is 2.15. The summed E-state index contributed by atoms with van der Waals surface area (Å²) in [6.07, 6.45) is 5.38. The number of hydrogen-bond donors (Lipinski definition) is 0. The van der Waals surface area contributed by atoms with Crippen molar-refractivity contribution in [3.8, 4) is 0 Å². The Bertz CT molecular complexity index is 334. The van der Waals surface area contributed by atoms with Crippen LogP contribution in [-0.2, 0) is 12.8 Å². The van der Waals surface area contributed by atoms with Gasteiger partial charge in [-0.15, -0.1) is 0 Å². The fraction of sp³-hybridized carbons (Fsp3) is 0.571. The molecule has 1 aliphatic rings. The first-order valence-electron chi connectivity index (χ1n) is 5.81. The molecule has 0 aromatic heterocycles. The SMILES string of the molecule is Cc1cc2c(c(C(C)C)c1)CCCC2. The summed E-state index contributed by atoms with van der Waals surface area (Å²) >= 11 is 0. The van der Waals surface area contributed by atoms with Gasteiger partial charge in [0.25, 0.3) is 0 Å². The molecule has 2 rings (SSSR count). The minimum Gasteiger partial charge on any atom is -0.0587 e. The molecule has 0 fully saturated rings. The summed E-state index contributed by atoms with van der Waals surface area (Å²) in [5.74, 6) is 0.682. The van der Waals surface area contributed by atoms with Crippen LogP contribution in [0.5, 0.6) is 0 Å². The van der Waals surface area contributed by atoms with Crippen LogP contribution >= 0.6 is 0 Å². The van der Waals surface area contributed by atoms with E-state index in [1.54, 1.807) is 16.7 Å². The molecule has 0 amide bonds. The van der Waals surface area contributed by atoms with Crippen molar-refractivity contribution in [1.82, 2.24) is 0 Å². The molecule has 14 heavy (non-hydrogen) atoms. The van der Waals surface area contributed by atoms with Crippen LogP contribution in [0.2, 0.25) is 0 Å². The van der Waals surface area contributed by atoms with Crippen LogP contribution in [0.4, 0.5) is 0 Å². The third-order valence-corrected chi connectivity index (χ3v) is 3.27. The quantitative estimate of drug-likeness (QED) is 0.625. The summed E-state index contributed by atoms with van der Waals surface area (Å²) in [4.78, 5) is 0. The molecular formula is C14H20. The largest absolute Gasteiger partial charge is 0.0587 e. The molecule has 0 unspecified atom stereocenters. The molecular weight excluding hydrogens is 168 g/mol. The van der Waals surface area contributed by atoms with Crippen LogP contribution in [0, 0.1) is 6.92 Å². The lowest BCUT2D eigenvalue weighted by molar-refractivity contribution is 0.669. The zero-order chi connectivity index (χ0) is 10.1. The van der Waals surface area contributed by atoms with Gasteiger partial charge in [0.2, 0.25) is 0 Å². The van der Waals surface area contributed by atoms with Crippen molar-refractivity contribution >= 4 is 0 Å². The molecule has 0 heterocycles. The Morgan fingerprint density at radius 1 is 1.07 bits per heavy atom. The fourth-order valence-electron chi connectivity index (χ4n) is 2.58. The average molecular weight is 188 g/mol. The molecule has 0 bridgehead atoms. The normalized spacial score (nSPS) is 15.7. The maximum atomic E-state index is 2.39. The maximum absolute atomic E-state index is 2.39. The topological polar surface area (TPSA) is 0 Å². The van der Waals surface area contributed by atoms with E-state index < -0.39 is 0 Å². The maximum Gasteiger partial charge on any atom is -0.0216 e. The van der Waals surface area contributed by atoms with Gasteiger partial charge in [0.1, 0.15) is 0 Å². The zero-order valence-electron chi connectivity index (χ0n) is 9.56. The van der Waals surface area contributed by atoms with Crippen molar-refractivity contribution in [3.05, 3.63) is 34.4 Å². The molecule has 0 saturated carbocycles. The summed E-state index contributed by atoms with van der Waals surface area (Å²) in [5, 5.41) is 0. The molecule has 76 valence electrons. The first-order chi connectivity index (χ1) is 6.68. The molecule has 1 aliphatic carbocycles. The third kappa shape index (κ3) is 1.70. The molecule has 0 atom stereocenters. The minimum absolute atomic E-state index is 0.682. The molecule has 0 spiro atoms. The van der Waals surface area contributed by atoms with Gasteiger partial charge in [0.15, 0.2) is 0 Å². The second kappa shape index (κ2) is 3.76. The number of hydrogen-bond acceptors (Lipinski definition) is 0. The highest BCUT2D eigenvalue weighted by atomic mass is 14.2. The minimum atomic E-state index is 0.682. The highest BCUT2D eigenvalue weighted by Crippen LogP contribution is 2.30. The Morgan fingerprint density at radius 3 is 2.50 bits per heavy atom. The summed E-state index contributed by atoms with van der Waals surface area (Å²) in [7, 11) is 0. The predicted octanol–water partition coefficient (Wildman–Crippen LogP) is 4.00. The van der Waals surface area contributed by atoms with E-state index in [1.165, 1.54) is 31.2 Å². The van der Waals surface area contributed by atoms with Gasteiger partial charge >= 0.3 is 0 Å². The third-order valence-electron chi connectivity index (χ3n) is 3.27. The zero-order valence-corrected chi connectivity index (χ0v) is 9.56. The van der Waals surface area contributed by atoms with E-state index in [0.29, 0.717) is 5.92 Å². The number of rotatable bonds is 1. The van der Waals surface area contributed by atoms with E-state index in [9.17, 15) is 0 Å². The van der Waals surface area contributed by atoms with Crippen LogP contribution in [0.1, 0.15) is 54.9 Å². The van der Waals surface area contributed by atoms with Crippen LogP contribution in [0.3, 0.4) is 0 Å². The van der Waals surface area contributed by atoms with Gasteiger partial charge in [0, 0.05) is 0 Å². The lowest BCUT2D eigenvalue weighted by Gasteiger charge is -2.22. The second-order valence-corrected chi connectivity index (χ2v) is 4.85. The van der Waals surface area contributed by atoms with Crippen molar-refractivity contribution in [3.63, 3.8) is 0 Å². The molecule has 1 aromatic carbocycles. The van der Waals surface area contributed by atoms with E-state index >= 15 is 0 Å². The van der Waals surface area contributed by atoms with Gasteiger partial charge in [-0.25, -0.2) is 0 Å². The molecule has 0 nitrogen and oxygen atoms in total. The molecule has 0 saturated heterocycles.